The van der Waals surface area contributed by atoms with E-state index in [1.165, 1.54) is 20.9 Å². The first-order valence-electron chi connectivity index (χ1n) is 4.67. The monoisotopic (exact) mass is 226 g/mol. The van der Waals surface area contributed by atoms with Crippen molar-refractivity contribution in [1.29, 1.82) is 0 Å². The van der Waals surface area contributed by atoms with Gasteiger partial charge in [0.25, 0.3) is 5.91 Å². The van der Waals surface area contributed by atoms with Crippen LogP contribution in [0.2, 0.25) is 0 Å². The van der Waals surface area contributed by atoms with E-state index >= 15 is 0 Å². The van der Waals surface area contributed by atoms with Crippen molar-refractivity contribution in [3.05, 3.63) is 11.6 Å². The lowest BCUT2D eigenvalue weighted by atomic mass is 10.0. The Morgan fingerprint density at radius 1 is 1.44 bits per heavy atom. The standard InChI is InChI=1S/C9H14N4O3/c1-5-10-6(12-11-5)7(14)13(4)9(2,3)8(15)16/h1-4H3,(H,15,16)(H,10,11,12). The minimum absolute atomic E-state index is 0.0330. The summed E-state index contributed by atoms with van der Waals surface area (Å²) in [5.41, 5.74) is -1.30. The van der Waals surface area contributed by atoms with E-state index in [0.29, 0.717) is 5.82 Å². The summed E-state index contributed by atoms with van der Waals surface area (Å²) in [4.78, 5) is 27.7. The maximum atomic E-state index is 11.8. The van der Waals surface area contributed by atoms with E-state index in [2.05, 4.69) is 15.2 Å². The zero-order chi connectivity index (χ0) is 12.5. The van der Waals surface area contributed by atoms with Crippen LogP contribution in [0.5, 0.6) is 0 Å². The second kappa shape index (κ2) is 3.92. The average molecular weight is 226 g/mol. The molecule has 2 N–H and O–H groups in total. The molecule has 0 fully saturated rings. The first kappa shape index (κ1) is 12.2. The summed E-state index contributed by atoms with van der Waals surface area (Å²) in [5, 5.41) is 15.2. The Kier molecular flexibility index (Phi) is 2.97. The van der Waals surface area contributed by atoms with Crippen LogP contribution in [0.3, 0.4) is 0 Å². The van der Waals surface area contributed by atoms with E-state index in [1.54, 1.807) is 6.92 Å². The van der Waals surface area contributed by atoms with Crippen molar-refractivity contribution in [2.45, 2.75) is 26.3 Å². The highest BCUT2D eigenvalue weighted by atomic mass is 16.4. The number of nitrogens with one attached hydrogen (secondary N) is 1. The number of carboxylic acids is 1. The lowest BCUT2D eigenvalue weighted by Crippen LogP contribution is -2.51. The lowest BCUT2D eigenvalue weighted by Gasteiger charge is -2.30. The minimum atomic E-state index is -1.30. The summed E-state index contributed by atoms with van der Waals surface area (Å²) < 4.78 is 0. The molecule has 1 aromatic rings. The maximum absolute atomic E-state index is 11.8. The van der Waals surface area contributed by atoms with Crippen molar-refractivity contribution >= 4 is 11.9 Å². The molecule has 0 bridgehead atoms. The molecule has 0 aliphatic heterocycles. The molecule has 7 nitrogen and oxygen atoms in total. The number of amides is 1. The molecule has 1 amide bonds. The Hall–Kier alpha value is -1.92. The van der Waals surface area contributed by atoms with E-state index in [0.717, 1.165) is 4.90 Å². The summed E-state index contributed by atoms with van der Waals surface area (Å²) in [6.07, 6.45) is 0. The number of H-pyrrole nitrogens is 1. The number of aromatic nitrogens is 3. The molecule has 16 heavy (non-hydrogen) atoms. The van der Waals surface area contributed by atoms with Gasteiger partial charge in [0.15, 0.2) is 0 Å². The predicted molar refractivity (Wildman–Crippen MR) is 54.9 cm³/mol. The van der Waals surface area contributed by atoms with Crippen LogP contribution in [-0.4, -0.2) is 49.7 Å². The van der Waals surface area contributed by atoms with Gasteiger partial charge in [-0.3, -0.25) is 9.89 Å². The van der Waals surface area contributed by atoms with E-state index in [4.69, 9.17) is 5.11 Å². The summed E-state index contributed by atoms with van der Waals surface area (Å²) >= 11 is 0. The molecule has 0 aromatic carbocycles. The van der Waals surface area contributed by atoms with Crippen LogP contribution < -0.4 is 0 Å². The SMILES string of the molecule is Cc1nc(C(=O)N(C)C(C)(C)C(=O)O)n[nH]1. The van der Waals surface area contributed by atoms with Crippen LogP contribution in [0.25, 0.3) is 0 Å². The van der Waals surface area contributed by atoms with Gasteiger partial charge >= 0.3 is 5.97 Å². The number of rotatable bonds is 3. The van der Waals surface area contributed by atoms with Crippen molar-refractivity contribution in [1.82, 2.24) is 20.1 Å². The Morgan fingerprint density at radius 2 is 2.00 bits per heavy atom. The molecule has 1 rings (SSSR count). The molecule has 0 aliphatic carbocycles. The summed E-state index contributed by atoms with van der Waals surface area (Å²) in [6, 6.07) is 0. The van der Waals surface area contributed by atoms with E-state index in [-0.39, 0.29) is 5.82 Å². The smallest absolute Gasteiger partial charge is 0.329 e. The fourth-order valence-electron chi connectivity index (χ4n) is 0.986. The van der Waals surface area contributed by atoms with Gasteiger partial charge in [-0.15, -0.1) is 5.10 Å². The number of carbonyl (C=O) groups is 2. The van der Waals surface area contributed by atoms with E-state index in [1.807, 2.05) is 0 Å². The van der Waals surface area contributed by atoms with Crippen LogP contribution in [0.4, 0.5) is 0 Å². The topological polar surface area (TPSA) is 99.2 Å². The molecule has 0 saturated carbocycles. The number of aromatic amines is 1. The van der Waals surface area contributed by atoms with Crippen molar-refractivity contribution in [3.8, 4) is 0 Å². The summed E-state index contributed by atoms with van der Waals surface area (Å²) in [6.45, 7) is 4.53. The molecular formula is C9H14N4O3. The van der Waals surface area contributed by atoms with Crippen LogP contribution in [-0.2, 0) is 4.79 Å². The predicted octanol–water partition coefficient (Wildman–Crippen LogP) is 0.0483. The second-order valence-electron chi connectivity index (χ2n) is 3.97. The molecule has 0 saturated heterocycles. The van der Waals surface area contributed by atoms with E-state index in [9.17, 15) is 9.59 Å². The fraction of sp³-hybridized carbons (Fsp3) is 0.556. The number of aryl methyl sites for hydroxylation is 1. The molecule has 88 valence electrons. The highest BCUT2D eigenvalue weighted by Gasteiger charge is 2.36. The first-order valence-corrected chi connectivity index (χ1v) is 4.67. The number of hydrogen-bond donors (Lipinski definition) is 2. The molecule has 0 unspecified atom stereocenters. The number of carboxylic acid groups (broad SMARTS) is 1. The number of aliphatic carboxylic acids is 1. The van der Waals surface area contributed by atoms with Crippen molar-refractivity contribution in [3.63, 3.8) is 0 Å². The lowest BCUT2D eigenvalue weighted by molar-refractivity contribution is -0.147. The molecule has 0 atom stereocenters. The second-order valence-corrected chi connectivity index (χ2v) is 3.97. The third kappa shape index (κ3) is 2.02. The van der Waals surface area contributed by atoms with Crippen LogP contribution >= 0.6 is 0 Å². The normalized spacial score (nSPS) is 11.2. The highest BCUT2D eigenvalue weighted by molar-refractivity contribution is 5.94. The molecule has 7 heteroatoms. The third-order valence-corrected chi connectivity index (χ3v) is 2.46. The Morgan fingerprint density at radius 3 is 2.38 bits per heavy atom. The minimum Gasteiger partial charge on any atom is -0.480 e. The summed E-state index contributed by atoms with van der Waals surface area (Å²) in [5.74, 6) is -1.15. The van der Waals surface area contributed by atoms with Crippen LogP contribution in [0, 0.1) is 6.92 Å². The zero-order valence-electron chi connectivity index (χ0n) is 9.61. The summed E-state index contributed by atoms with van der Waals surface area (Å²) in [7, 11) is 1.40. The molecular weight excluding hydrogens is 212 g/mol. The van der Waals surface area contributed by atoms with Gasteiger partial charge in [-0.25, -0.2) is 9.78 Å². The Balaban J connectivity index is 2.95. The zero-order valence-corrected chi connectivity index (χ0v) is 9.61. The van der Waals surface area contributed by atoms with Gasteiger partial charge in [-0.1, -0.05) is 0 Å². The molecule has 0 aliphatic rings. The van der Waals surface area contributed by atoms with Gasteiger partial charge in [-0.05, 0) is 20.8 Å². The molecule has 1 aromatic heterocycles. The largest absolute Gasteiger partial charge is 0.480 e. The van der Waals surface area contributed by atoms with Gasteiger partial charge < -0.3 is 10.0 Å². The van der Waals surface area contributed by atoms with Gasteiger partial charge in [0.2, 0.25) is 5.82 Å². The van der Waals surface area contributed by atoms with Crippen molar-refractivity contribution in [2.75, 3.05) is 7.05 Å². The number of likely N-dealkylation sites (N-methyl/N-ethyl adjacent to an activating group) is 1. The number of carbonyl (C=O) groups excluding carboxylic acids is 1. The van der Waals surface area contributed by atoms with Gasteiger partial charge in [-0.2, -0.15) is 0 Å². The fourth-order valence-corrected chi connectivity index (χ4v) is 0.986. The maximum Gasteiger partial charge on any atom is 0.329 e. The van der Waals surface area contributed by atoms with Crippen molar-refractivity contribution in [2.24, 2.45) is 0 Å². The van der Waals surface area contributed by atoms with Gasteiger partial charge in [0.05, 0.1) is 0 Å². The molecule has 0 radical (unpaired) electrons. The number of nitrogens with zero attached hydrogens (tertiary/aromatic N) is 3. The van der Waals surface area contributed by atoms with Gasteiger partial charge in [0.1, 0.15) is 11.4 Å². The first-order chi connectivity index (χ1) is 7.26. The molecule has 0 spiro atoms. The Labute approximate surface area is 92.5 Å². The van der Waals surface area contributed by atoms with Crippen molar-refractivity contribution < 1.29 is 14.7 Å². The molecule has 1 heterocycles. The van der Waals surface area contributed by atoms with Crippen LogP contribution in [0.15, 0.2) is 0 Å². The quantitative estimate of drug-likeness (QED) is 0.758. The average Bonchev–Trinajstić information content (AvgIpc) is 2.62. The van der Waals surface area contributed by atoms with E-state index < -0.39 is 17.4 Å². The third-order valence-electron chi connectivity index (χ3n) is 2.46. The number of hydrogen-bond acceptors (Lipinski definition) is 4. The van der Waals surface area contributed by atoms with Gasteiger partial charge in [0, 0.05) is 7.05 Å². The van der Waals surface area contributed by atoms with Crippen LogP contribution in [0.1, 0.15) is 30.3 Å². The highest BCUT2D eigenvalue weighted by Crippen LogP contribution is 2.14. The Bertz CT molecular complexity index is 424.